The number of anilines is 2. The summed E-state index contributed by atoms with van der Waals surface area (Å²) in [5.74, 6) is 1.66. The fourth-order valence-corrected chi connectivity index (χ4v) is 2.43. The van der Waals surface area contributed by atoms with Crippen LogP contribution in [-0.4, -0.2) is 13.2 Å². The Hall–Kier alpha value is -2.36. The van der Waals surface area contributed by atoms with Gasteiger partial charge in [-0.15, -0.1) is 0 Å². The molecule has 0 aliphatic heterocycles. The first kappa shape index (κ1) is 17.0. The van der Waals surface area contributed by atoms with Crippen LogP contribution in [0.2, 0.25) is 0 Å². The molecule has 2 aromatic carbocycles. The Bertz CT molecular complexity index is 544. The lowest BCUT2D eigenvalue weighted by Gasteiger charge is -2.29. The van der Waals surface area contributed by atoms with Crippen molar-refractivity contribution in [1.82, 2.24) is 0 Å². The maximum Gasteiger partial charge on any atom is 0.119 e. The van der Waals surface area contributed by atoms with Gasteiger partial charge in [0.25, 0.3) is 0 Å². The first-order valence-corrected chi connectivity index (χ1v) is 7.97. The maximum absolute atomic E-state index is 5.93. The molecule has 124 valence electrons. The molecule has 0 radical (unpaired) electrons. The summed E-state index contributed by atoms with van der Waals surface area (Å²) in [6.45, 7) is 5.55. The van der Waals surface area contributed by atoms with Crippen molar-refractivity contribution in [2.45, 2.75) is 26.7 Å². The predicted molar refractivity (Wildman–Crippen MR) is 95.7 cm³/mol. The van der Waals surface area contributed by atoms with Crippen LogP contribution in [-0.2, 0) is 0 Å². The molecule has 0 aromatic heterocycles. The molecular weight excluding hydrogens is 288 g/mol. The monoisotopic (exact) mass is 314 g/mol. The van der Waals surface area contributed by atoms with E-state index in [4.69, 9.17) is 20.9 Å². The van der Waals surface area contributed by atoms with E-state index in [1.165, 1.54) is 0 Å². The van der Waals surface area contributed by atoms with Crippen molar-refractivity contribution in [1.29, 1.82) is 0 Å². The lowest BCUT2D eigenvalue weighted by molar-refractivity contribution is 0.0855. The fourth-order valence-electron chi connectivity index (χ4n) is 2.43. The summed E-state index contributed by atoms with van der Waals surface area (Å²) in [6, 6.07) is 14.9. The number of benzene rings is 2. The molecule has 4 nitrogen and oxygen atoms in total. The second kappa shape index (κ2) is 7.77. The Morgan fingerprint density at radius 3 is 1.52 bits per heavy atom. The number of hydrogen-bond donors (Lipinski definition) is 2. The Morgan fingerprint density at radius 2 is 1.17 bits per heavy atom. The van der Waals surface area contributed by atoms with Crippen molar-refractivity contribution in [2.24, 2.45) is 5.41 Å². The van der Waals surface area contributed by atoms with Gasteiger partial charge in [-0.1, -0.05) is 20.3 Å². The molecule has 0 saturated carbocycles. The second-order valence-corrected chi connectivity index (χ2v) is 6.28. The number of hydrogen-bond acceptors (Lipinski definition) is 4. The van der Waals surface area contributed by atoms with E-state index < -0.39 is 0 Å². The molecule has 2 aromatic rings. The minimum atomic E-state index is -0.0580. The number of ether oxygens (including phenoxy) is 2. The maximum atomic E-state index is 5.93. The average Bonchev–Trinajstić information content (AvgIpc) is 2.54. The predicted octanol–water partition coefficient (Wildman–Crippen LogP) is 4.12. The summed E-state index contributed by atoms with van der Waals surface area (Å²) >= 11 is 0. The molecule has 0 bridgehead atoms. The highest BCUT2D eigenvalue weighted by atomic mass is 16.5. The molecule has 0 heterocycles. The SMILES string of the molecule is CCCC(C)(COc1ccc(N)cc1)COc1ccc(N)cc1. The van der Waals surface area contributed by atoms with Gasteiger partial charge in [-0.2, -0.15) is 0 Å². The van der Waals surface area contributed by atoms with E-state index in [0.29, 0.717) is 13.2 Å². The van der Waals surface area contributed by atoms with Crippen LogP contribution in [0.25, 0.3) is 0 Å². The lowest BCUT2D eigenvalue weighted by atomic mass is 9.87. The standard InChI is InChI=1S/C19H26N2O2/c1-3-12-19(2,13-22-17-8-4-15(20)5-9-17)14-23-18-10-6-16(21)7-11-18/h4-11H,3,12-14,20-21H2,1-2H3. The van der Waals surface area contributed by atoms with Crippen molar-refractivity contribution < 1.29 is 9.47 Å². The Kier molecular flexibility index (Phi) is 5.74. The summed E-state index contributed by atoms with van der Waals surface area (Å²) in [6.07, 6.45) is 2.10. The van der Waals surface area contributed by atoms with Gasteiger partial charge in [0.2, 0.25) is 0 Å². The summed E-state index contributed by atoms with van der Waals surface area (Å²) in [5.41, 5.74) is 12.8. The van der Waals surface area contributed by atoms with E-state index >= 15 is 0 Å². The van der Waals surface area contributed by atoms with Gasteiger partial charge in [-0.05, 0) is 55.0 Å². The van der Waals surface area contributed by atoms with Crippen molar-refractivity contribution >= 4 is 11.4 Å². The van der Waals surface area contributed by atoms with Crippen LogP contribution in [0.3, 0.4) is 0 Å². The minimum absolute atomic E-state index is 0.0580. The van der Waals surface area contributed by atoms with Gasteiger partial charge in [-0.3, -0.25) is 0 Å². The van der Waals surface area contributed by atoms with E-state index in [1.807, 2.05) is 48.5 Å². The Labute approximate surface area is 138 Å². The summed E-state index contributed by atoms with van der Waals surface area (Å²) in [4.78, 5) is 0. The molecule has 0 saturated heterocycles. The van der Waals surface area contributed by atoms with Crippen molar-refractivity contribution in [3.8, 4) is 11.5 Å². The smallest absolute Gasteiger partial charge is 0.119 e. The third kappa shape index (κ3) is 5.40. The minimum Gasteiger partial charge on any atom is -0.493 e. The number of nitrogen functional groups attached to an aromatic ring is 2. The first-order chi connectivity index (χ1) is 11.0. The molecule has 23 heavy (non-hydrogen) atoms. The molecular formula is C19H26N2O2. The van der Waals surface area contributed by atoms with E-state index in [9.17, 15) is 0 Å². The number of rotatable bonds is 8. The molecule has 0 aliphatic carbocycles. The zero-order chi connectivity index (χ0) is 16.7. The van der Waals surface area contributed by atoms with Gasteiger partial charge < -0.3 is 20.9 Å². The van der Waals surface area contributed by atoms with Gasteiger partial charge in [0, 0.05) is 16.8 Å². The summed E-state index contributed by atoms with van der Waals surface area (Å²) < 4.78 is 11.9. The van der Waals surface area contributed by atoms with Crippen molar-refractivity contribution in [3.63, 3.8) is 0 Å². The third-order valence-corrected chi connectivity index (χ3v) is 3.79. The quantitative estimate of drug-likeness (QED) is 0.719. The highest BCUT2D eigenvalue weighted by Crippen LogP contribution is 2.27. The zero-order valence-electron chi connectivity index (χ0n) is 13.9. The van der Waals surface area contributed by atoms with Gasteiger partial charge in [0.05, 0.1) is 13.2 Å². The first-order valence-electron chi connectivity index (χ1n) is 7.97. The molecule has 4 heteroatoms. The normalized spacial score (nSPS) is 11.2. The topological polar surface area (TPSA) is 70.5 Å². The van der Waals surface area contributed by atoms with Crippen LogP contribution in [0.5, 0.6) is 11.5 Å². The molecule has 0 atom stereocenters. The van der Waals surface area contributed by atoms with Crippen molar-refractivity contribution in [2.75, 3.05) is 24.7 Å². The lowest BCUT2D eigenvalue weighted by Crippen LogP contribution is -2.32. The third-order valence-electron chi connectivity index (χ3n) is 3.79. The second-order valence-electron chi connectivity index (χ2n) is 6.28. The summed E-state index contributed by atoms with van der Waals surface area (Å²) in [5, 5.41) is 0. The van der Waals surface area contributed by atoms with E-state index in [0.717, 1.165) is 35.7 Å². The van der Waals surface area contributed by atoms with E-state index in [-0.39, 0.29) is 5.41 Å². The van der Waals surface area contributed by atoms with Crippen LogP contribution in [0.4, 0.5) is 11.4 Å². The van der Waals surface area contributed by atoms with Gasteiger partial charge >= 0.3 is 0 Å². The van der Waals surface area contributed by atoms with Crippen LogP contribution in [0.15, 0.2) is 48.5 Å². The highest BCUT2D eigenvalue weighted by Gasteiger charge is 2.26. The molecule has 0 unspecified atom stereocenters. The van der Waals surface area contributed by atoms with Crippen molar-refractivity contribution in [3.05, 3.63) is 48.5 Å². The van der Waals surface area contributed by atoms with Gasteiger partial charge in [0.15, 0.2) is 0 Å². The Balaban J connectivity index is 1.94. The molecule has 0 amide bonds. The summed E-state index contributed by atoms with van der Waals surface area (Å²) in [7, 11) is 0. The Morgan fingerprint density at radius 1 is 0.783 bits per heavy atom. The van der Waals surface area contributed by atoms with Crippen LogP contribution in [0, 0.1) is 5.41 Å². The molecule has 0 spiro atoms. The van der Waals surface area contributed by atoms with Crippen LogP contribution in [0.1, 0.15) is 26.7 Å². The molecule has 2 rings (SSSR count). The van der Waals surface area contributed by atoms with Crippen LogP contribution >= 0.6 is 0 Å². The molecule has 4 N–H and O–H groups in total. The molecule has 0 fully saturated rings. The largest absolute Gasteiger partial charge is 0.493 e. The average molecular weight is 314 g/mol. The zero-order valence-corrected chi connectivity index (χ0v) is 13.9. The molecule has 0 aliphatic rings. The fraction of sp³-hybridized carbons (Fsp3) is 0.368. The van der Waals surface area contributed by atoms with E-state index in [1.54, 1.807) is 0 Å². The van der Waals surface area contributed by atoms with E-state index in [2.05, 4.69) is 13.8 Å². The van der Waals surface area contributed by atoms with Crippen LogP contribution < -0.4 is 20.9 Å². The highest BCUT2D eigenvalue weighted by molar-refractivity contribution is 5.42. The number of nitrogens with two attached hydrogens (primary N) is 2. The van der Waals surface area contributed by atoms with Gasteiger partial charge in [0.1, 0.15) is 11.5 Å². The van der Waals surface area contributed by atoms with Gasteiger partial charge in [-0.25, -0.2) is 0 Å².